The topological polar surface area (TPSA) is 73.1 Å². The van der Waals surface area contributed by atoms with Gasteiger partial charge in [-0.05, 0) is 38.8 Å². The minimum absolute atomic E-state index is 0.0771. The van der Waals surface area contributed by atoms with E-state index in [-0.39, 0.29) is 12.5 Å². The summed E-state index contributed by atoms with van der Waals surface area (Å²) < 4.78 is 5.95. The summed E-state index contributed by atoms with van der Waals surface area (Å²) in [6.45, 7) is 17.1. The van der Waals surface area contributed by atoms with E-state index in [1.54, 1.807) is 21.0 Å². The first kappa shape index (κ1) is 22.0. The van der Waals surface area contributed by atoms with Gasteiger partial charge >= 0.3 is 0 Å². The minimum atomic E-state index is -0.479. The highest BCUT2D eigenvalue weighted by atomic mass is 16.7. The second-order valence-corrected chi connectivity index (χ2v) is 5.96. The molecule has 0 spiro atoms. The molecule has 0 radical (unpaired) electrons. The molecule has 27 heavy (non-hydrogen) atoms. The summed E-state index contributed by atoms with van der Waals surface area (Å²) in [5.74, 6) is 0.479. The van der Waals surface area contributed by atoms with Crippen molar-refractivity contribution in [1.82, 2.24) is 4.73 Å². The summed E-state index contributed by atoms with van der Waals surface area (Å²) in [5, 5.41) is 10.3. The summed E-state index contributed by atoms with van der Waals surface area (Å²) in [5.41, 5.74) is 2.35. The predicted molar refractivity (Wildman–Crippen MR) is 110 cm³/mol. The zero-order chi connectivity index (χ0) is 20.6. The fourth-order valence-electron chi connectivity index (χ4n) is 2.55. The highest BCUT2D eigenvalue weighted by Gasteiger charge is 2.20. The maximum absolute atomic E-state index is 12.8. The molecule has 1 aromatic rings. The average Bonchev–Trinajstić information content (AvgIpc) is 2.61. The van der Waals surface area contributed by atoms with E-state index in [0.717, 1.165) is 16.1 Å². The van der Waals surface area contributed by atoms with Gasteiger partial charge in [-0.3, -0.25) is 9.79 Å². The van der Waals surface area contributed by atoms with Gasteiger partial charge in [-0.2, -0.15) is 0 Å². The van der Waals surface area contributed by atoms with Crippen molar-refractivity contribution in [3.05, 3.63) is 70.3 Å². The van der Waals surface area contributed by atoms with Crippen LogP contribution in [0.5, 0.6) is 5.88 Å². The molecule has 0 aliphatic heterocycles. The van der Waals surface area contributed by atoms with E-state index >= 15 is 0 Å². The summed E-state index contributed by atoms with van der Waals surface area (Å²) in [6, 6.07) is 0. The first-order chi connectivity index (χ1) is 12.8. The van der Waals surface area contributed by atoms with Crippen molar-refractivity contribution in [2.24, 2.45) is 4.99 Å². The Morgan fingerprint density at radius 1 is 1.33 bits per heavy atom. The molecular formula is C21H28N2O4. The van der Waals surface area contributed by atoms with Gasteiger partial charge in [0.2, 0.25) is 5.88 Å². The van der Waals surface area contributed by atoms with Gasteiger partial charge in [-0.15, -0.1) is 4.73 Å². The van der Waals surface area contributed by atoms with Gasteiger partial charge in [0.15, 0.2) is 0 Å². The quantitative estimate of drug-likeness (QED) is 0.296. The molecule has 146 valence electrons. The molecule has 1 N–H and O–H groups in total. The van der Waals surface area contributed by atoms with E-state index in [9.17, 15) is 9.90 Å². The van der Waals surface area contributed by atoms with Crippen molar-refractivity contribution < 1.29 is 14.7 Å². The molecule has 1 rings (SSSR count). The van der Waals surface area contributed by atoms with Crippen molar-refractivity contribution in [2.75, 3.05) is 20.3 Å². The van der Waals surface area contributed by atoms with Gasteiger partial charge in [0, 0.05) is 17.8 Å². The lowest BCUT2D eigenvalue weighted by atomic mass is 10.0. The minimum Gasteiger partial charge on any atom is -0.501 e. The monoisotopic (exact) mass is 372 g/mol. The second kappa shape index (κ2) is 10.2. The third-order valence-electron chi connectivity index (χ3n) is 4.01. The van der Waals surface area contributed by atoms with Gasteiger partial charge in [0.25, 0.3) is 5.56 Å². The summed E-state index contributed by atoms with van der Waals surface area (Å²) >= 11 is 0. The Balaban J connectivity index is 3.23. The van der Waals surface area contributed by atoms with Crippen LogP contribution in [-0.4, -0.2) is 35.8 Å². The van der Waals surface area contributed by atoms with Crippen LogP contribution in [0.4, 0.5) is 0 Å². The van der Waals surface area contributed by atoms with Crippen LogP contribution in [0.1, 0.15) is 37.0 Å². The molecule has 0 aromatic carbocycles. The van der Waals surface area contributed by atoms with Crippen LogP contribution < -0.4 is 10.4 Å². The van der Waals surface area contributed by atoms with E-state index in [4.69, 9.17) is 9.57 Å². The number of methoxy groups -OCH3 is 1. The number of hydrogen-bond acceptors (Lipinski definition) is 5. The number of hydrogen-bond donors (Lipinski definition) is 1. The maximum Gasteiger partial charge on any atom is 0.295 e. The number of allylic oxidation sites excluding steroid dienone is 2. The zero-order valence-electron chi connectivity index (χ0n) is 16.5. The third kappa shape index (κ3) is 5.48. The van der Waals surface area contributed by atoms with Gasteiger partial charge in [-0.25, -0.2) is 0 Å². The Morgan fingerprint density at radius 2 is 2.00 bits per heavy atom. The Bertz CT molecular complexity index is 845. The van der Waals surface area contributed by atoms with Crippen molar-refractivity contribution in [3.8, 4) is 5.88 Å². The molecule has 0 atom stereocenters. The summed E-state index contributed by atoms with van der Waals surface area (Å²) in [6.07, 6.45) is 5.45. The standard InChI is InChI=1S/C21H28N2O4/c1-8-12-27-23-20(24)18(9-2)16(5)19(21(23)25)17(6)22-11-10-14(3)13-15(4)26-7/h8-9,13,24H,1-3,10-12H2,4-7H3. The van der Waals surface area contributed by atoms with Crippen LogP contribution in [0.25, 0.3) is 6.08 Å². The van der Waals surface area contributed by atoms with E-state index in [1.807, 2.05) is 13.0 Å². The maximum atomic E-state index is 12.8. The number of nitrogens with zero attached hydrogens (tertiary/aromatic N) is 2. The highest BCUT2D eigenvalue weighted by molar-refractivity contribution is 6.00. The SMILES string of the molecule is C=CCOn1c(O)c(C=C)c(C)c(C(C)=NCCC(=C)C=C(C)OC)c1=O. The Kier molecular flexibility index (Phi) is 8.33. The normalized spacial score (nSPS) is 11.9. The van der Waals surface area contributed by atoms with Crippen LogP contribution >= 0.6 is 0 Å². The largest absolute Gasteiger partial charge is 0.501 e. The number of rotatable bonds is 10. The highest BCUT2D eigenvalue weighted by Crippen LogP contribution is 2.22. The fraction of sp³-hybridized carbons (Fsp3) is 0.333. The van der Waals surface area contributed by atoms with E-state index < -0.39 is 5.56 Å². The molecule has 0 amide bonds. The first-order valence-electron chi connectivity index (χ1n) is 8.55. The number of aliphatic imine (C=N–C) groups is 1. The Hall–Kier alpha value is -3.02. The van der Waals surface area contributed by atoms with E-state index in [0.29, 0.717) is 35.4 Å². The first-order valence-corrected chi connectivity index (χ1v) is 8.55. The molecule has 0 saturated carbocycles. The lowest BCUT2D eigenvalue weighted by molar-refractivity contribution is 0.103. The molecule has 1 heterocycles. The molecule has 6 nitrogen and oxygen atoms in total. The Morgan fingerprint density at radius 3 is 2.56 bits per heavy atom. The smallest absolute Gasteiger partial charge is 0.295 e. The van der Waals surface area contributed by atoms with Crippen LogP contribution in [0.3, 0.4) is 0 Å². The van der Waals surface area contributed by atoms with Crippen LogP contribution in [0.2, 0.25) is 0 Å². The second-order valence-electron chi connectivity index (χ2n) is 5.96. The van der Waals surface area contributed by atoms with Crippen molar-refractivity contribution >= 4 is 11.8 Å². The van der Waals surface area contributed by atoms with E-state index in [1.165, 1.54) is 12.2 Å². The molecular weight excluding hydrogens is 344 g/mol. The molecule has 0 aliphatic rings. The molecule has 0 aliphatic carbocycles. The van der Waals surface area contributed by atoms with Gasteiger partial charge in [-0.1, -0.05) is 37.5 Å². The lowest BCUT2D eigenvalue weighted by Gasteiger charge is -2.16. The number of aromatic nitrogens is 1. The zero-order valence-corrected chi connectivity index (χ0v) is 16.5. The van der Waals surface area contributed by atoms with Crippen molar-refractivity contribution in [1.29, 1.82) is 0 Å². The molecule has 1 aromatic heterocycles. The number of aromatic hydroxyl groups is 1. The average molecular weight is 372 g/mol. The summed E-state index contributed by atoms with van der Waals surface area (Å²) in [7, 11) is 1.60. The molecule has 6 heteroatoms. The fourth-order valence-corrected chi connectivity index (χ4v) is 2.55. The Labute approximate surface area is 160 Å². The van der Waals surface area contributed by atoms with Crippen LogP contribution in [0.15, 0.2) is 53.0 Å². The third-order valence-corrected chi connectivity index (χ3v) is 4.01. The number of ether oxygens (including phenoxy) is 1. The van der Waals surface area contributed by atoms with E-state index in [2.05, 4.69) is 24.7 Å². The molecule has 0 fully saturated rings. The lowest BCUT2D eigenvalue weighted by Crippen LogP contribution is -2.33. The van der Waals surface area contributed by atoms with Gasteiger partial charge < -0.3 is 14.7 Å². The molecule has 0 bridgehead atoms. The van der Waals surface area contributed by atoms with Gasteiger partial charge in [0.05, 0.1) is 18.4 Å². The van der Waals surface area contributed by atoms with Crippen LogP contribution in [-0.2, 0) is 4.74 Å². The van der Waals surface area contributed by atoms with Crippen molar-refractivity contribution in [2.45, 2.75) is 27.2 Å². The molecule has 0 unspecified atom stereocenters. The summed E-state index contributed by atoms with van der Waals surface area (Å²) in [4.78, 5) is 22.6. The van der Waals surface area contributed by atoms with Crippen molar-refractivity contribution in [3.63, 3.8) is 0 Å². The number of pyridine rings is 1. The van der Waals surface area contributed by atoms with Gasteiger partial charge in [0.1, 0.15) is 6.61 Å². The van der Waals surface area contributed by atoms with Crippen LogP contribution in [0, 0.1) is 6.92 Å². The predicted octanol–water partition coefficient (Wildman–Crippen LogP) is 3.43. The molecule has 0 saturated heterocycles.